The minimum absolute atomic E-state index is 0.0752. The second-order valence-corrected chi connectivity index (χ2v) is 9.79. The Hall–Kier alpha value is -3.66. The fourth-order valence-electron chi connectivity index (χ4n) is 4.03. The van der Waals surface area contributed by atoms with Gasteiger partial charge in [-0.1, -0.05) is 49.0 Å². The maximum absolute atomic E-state index is 13.4. The van der Waals surface area contributed by atoms with Gasteiger partial charge in [-0.25, -0.2) is 9.89 Å². The molecule has 10 heteroatoms. The first kappa shape index (κ1) is 26.4. The third kappa shape index (κ3) is 6.19. The third-order valence-electron chi connectivity index (χ3n) is 6.21. The number of hydrogen-bond donors (Lipinski definition) is 2. The fourth-order valence-corrected chi connectivity index (χ4v) is 4.85. The van der Waals surface area contributed by atoms with Crippen molar-refractivity contribution in [1.29, 1.82) is 0 Å². The third-order valence-corrected chi connectivity index (χ3v) is 7.15. The van der Waals surface area contributed by atoms with Crippen molar-refractivity contribution in [3.63, 3.8) is 0 Å². The highest BCUT2D eigenvalue weighted by Crippen LogP contribution is 2.34. The van der Waals surface area contributed by atoms with Crippen molar-refractivity contribution in [2.45, 2.75) is 51.7 Å². The molecule has 0 spiro atoms. The van der Waals surface area contributed by atoms with E-state index in [0.29, 0.717) is 29.0 Å². The van der Waals surface area contributed by atoms with Crippen LogP contribution in [-0.2, 0) is 20.9 Å². The molecule has 2 aliphatic heterocycles. The Kier molecular flexibility index (Phi) is 8.60. The van der Waals surface area contributed by atoms with E-state index in [9.17, 15) is 14.4 Å². The highest BCUT2D eigenvalue weighted by atomic mass is 32.2. The molecule has 0 saturated heterocycles. The van der Waals surface area contributed by atoms with E-state index in [1.165, 1.54) is 16.7 Å². The lowest BCUT2D eigenvalue weighted by Crippen LogP contribution is -2.42. The lowest BCUT2D eigenvalue weighted by molar-refractivity contribution is -0.125. The molecule has 0 radical (unpaired) electrons. The number of aliphatic imine (C=N–C) groups is 2. The summed E-state index contributed by atoms with van der Waals surface area (Å²) < 4.78 is 5.33. The van der Waals surface area contributed by atoms with Crippen LogP contribution in [-0.4, -0.2) is 58.6 Å². The molecule has 2 aromatic rings. The van der Waals surface area contributed by atoms with Gasteiger partial charge in [0.1, 0.15) is 17.6 Å². The first-order valence-corrected chi connectivity index (χ1v) is 13.3. The molecule has 2 aromatic carbocycles. The van der Waals surface area contributed by atoms with Crippen molar-refractivity contribution < 1.29 is 19.1 Å². The number of nitrogens with one attached hydrogen (secondary N) is 2. The van der Waals surface area contributed by atoms with Gasteiger partial charge in [0.2, 0.25) is 11.8 Å². The number of amides is 3. The Bertz CT molecular complexity index is 1240. The van der Waals surface area contributed by atoms with Crippen LogP contribution < -0.4 is 15.4 Å². The molecule has 9 nitrogen and oxygen atoms in total. The number of methoxy groups -OCH3 is 1. The van der Waals surface area contributed by atoms with Crippen molar-refractivity contribution in [3.05, 3.63) is 59.7 Å². The summed E-state index contributed by atoms with van der Waals surface area (Å²) in [6, 6.07) is 14.3. The number of carbonyl (C=O) groups excluding carboxylic acids is 3. The van der Waals surface area contributed by atoms with Crippen molar-refractivity contribution in [1.82, 2.24) is 15.5 Å². The van der Waals surface area contributed by atoms with Gasteiger partial charge in [0.15, 0.2) is 5.17 Å². The van der Waals surface area contributed by atoms with E-state index in [0.717, 1.165) is 17.5 Å². The molecule has 2 aliphatic rings. The Morgan fingerprint density at radius 2 is 1.89 bits per heavy atom. The highest BCUT2D eigenvalue weighted by molar-refractivity contribution is 8.14. The van der Waals surface area contributed by atoms with Gasteiger partial charge < -0.3 is 15.4 Å². The van der Waals surface area contributed by atoms with E-state index in [2.05, 4.69) is 20.6 Å². The molecule has 0 bridgehead atoms. The number of nitrogens with zero attached hydrogens (tertiary/aromatic N) is 3. The van der Waals surface area contributed by atoms with Gasteiger partial charge in [0.05, 0.1) is 18.6 Å². The molecule has 0 saturated carbocycles. The van der Waals surface area contributed by atoms with Crippen LogP contribution in [0, 0.1) is 0 Å². The lowest BCUT2D eigenvalue weighted by Gasteiger charge is -2.25. The monoisotopic (exact) mass is 521 g/mol. The van der Waals surface area contributed by atoms with E-state index in [1.54, 1.807) is 7.11 Å². The Balaban J connectivity index is 1.41. The molecule has 2 N–H and O–H groups in total. The van der Waals surface area contributed by atoms with E-state index in [4.69, 9.17) is 4.74 Å². The molecular weight excluding hydrogens is 490 g/mol. The van der Waals surface area contributed by atoms with Gasteiger partial charge >= 0.3 is 0 Å². The van der Waals surface area contributed by atoms with Crippen molar-refractivity contribution in [2.75, 3.05) is 12.9 Å². The molecule has 0 unspecified atom stereocenters. The number of thioether (sulfide) groups is 1. The van der Waals surface area contributed by atoms with Gasteiger partial charge in [-0.2, -0.15) is 0 Å². The minimum Gasteiger partial charge on any atom is -0.496 e. The Morgan fingerprint density at radius 1 is 1.14 bits per heavy atom. The van der Waals surface area contributed by atoms with E-state index in [-0.39, 0.29) is 42.4 Å². The second-order valence-electron chi connectivity index (χ2n) is 8.85. The Labute approximate surface area is 220 Å². The summed E-state index contributed by atoms with van der Waals surface area (Å²) in [5.41, 5.74) is 2.33. The molecule has 0 aromatic heterocycles. The summed E-state index contributed by atoms with van der Waals surface area (Å²) in [6.45, 7) is 4.29. The molecule has 37 heavy (non-hydrogen) atoms. The molecule has 2 atom stereocenters. The van der Waals surface area contributed by atoms with E-state index in [1.807, 2.05) is 62.4 Å². The van der Waals surface area contributed by atoms with Crippen molar-refractivity contribution in [2.24, 2.45) is 9.98 Å². The van der Waals surface area contributed by atoms with Crippen LogP contribution >= 0.6 is 11.8 Å². The topological polar surface area (TPSA) is 112 Å². The van der Waals surface area contributed by atoms with Crippen LogP contribution in [0.5, 0.6) is 5.75 Å². The minimum atomic E-state index is -0.696. The zero-order valence-electron chi connectivity index (χ0n) is 21.2. The first-order chi connectivity index (χ1) is 17.9. The quantitative estimate of drug-likeness (QED) is 0.498. The predicted molar refractivity (Wildman–Crippen MR) is 145 cm³/mol. The van der Waals surface area contributed by atoms with E-state index < -0.39 is 6.04 Å². The van der Waals surface area contributed by atoms with Crippen LogP contribution in [0.2, 0.25) is 0 Å². The average Bonchev–Trinajstić information content (AvgIpc) is 3.25. The molecule has 194 valence electrons. The maximum Gasteiger partial charge on any atom is 0.259 e. The SMILES string of the molecule is CC[C@H](C)NC(=O)CSC1=Nc2ccccc2C2=N[C@@H](CCC(=O)NCc3ccccc3OC)C(=O)N12. The lowest BCUT2D eigenvalue weighted by atomic mass is 10.1. The van der Waals surface area contributed by atoms with Crippen molar-refractivity contribution >= 4 is 46.2 Å². The number of para-hydroxylation sites is 2. The zero-order valence-corrected chi connectivity index (χ0v) is 22.0. The van der Waals surface area contributed by atoms with Gasteiger partial charge in [0.25, 0.3) is 5.91 Å². The summed E-state index contributed by atoms with van der Waals surface area (Å²) in [6.07, 6.45) is 1.25. The van der Waals surface area contributed by atoms with Crippen LogP contribution in [0.25, 0.3) is 0 Å². The van der Waals surface area contributed by atoms with Crippen LogP contribution in [0.1, 0.15) is 44.2 Å². The summed E-state index contributed by atoms with van der Waals surface area (Å²) in [5.74, 6) is 0.829. The number of amidine groups is 2. The van der Waals surface area contributed by atoms with E-state index >= 15 is 0 Å². The predicted octanol–water partition coefficient (Wildman–Crippen LogP) is 3.40. The molecular formula is C27H31N5O4S. The molecule has 2 heterocycles. The number of rotatable bonds is 10. The fraction of sp³-hybridized carbons (Fsp3) is 0.370. The zero-order chi connectivity index (χ0) is 26.4. The number of ether oxygens (including phenoxy) is 1. The highest BCUT2D eigenvalue weighted by Gasteiger charge is 2.41. The summed E-state index contributed by atoms with van der Waals surface area (Å²) in [7, 11) is 1.59. The smallest absolute Gasteiger partial charge is 0.259 e. The van der Waals surface area contributed by atoms with Gasteiger partial charge in [-0.3, -0.25) is 19.4 Å². The molecule has 4 rings (SSSR count). The molecule has 0 aliphatic carbocycles. The number of fused-ring (bicyclic) bond motifs is 3. The van der Waals surface area contributed by atoms with Gasteiger partial charge in [-0.15, -0.1) is 0 Å². The average molecular weight is 522 g/mol. The summed E-state index contributed by atoms with van der Waals surface area (Å²) in [5, 5.41) is 6.24. The normalized spacial score (nSPS) is 16.8. The van der Waals surface area contributed by atoms with Crippen LogP contribution in [0.4, 0.5) is 5.69 Å². The standard InChI is InChI=1S/C27H31N5O4S/c1-4-17(2)29-24(34)16-37-27-31-20-11-7-6-10-19(20)25-30-21(26(35)32(25)27)13-14-23(33)28-15-18-9-5-8-12-22(18)36-3/h5-12,17,21H,4,13-16H2,1-3H3,(H,28,33)(H,29,34)/t17-,21-/m0/s1. The Morgan fingerprint density at radius 3 is 2.68 bits per heavy atom. The number of benzene rings is 2. The number of carbonyl (C=O) groups is 3. The largest absolute Gasteiger partial charge is 0.496 e. The number of hydrogen-bond acceptors (Lipinski definition) is 7. The second kappa shape index (κ2) is 12.1. The molecule has 0 fully saturated rings. The van der Waals surface area contributed by atoms with Gasteiger partial charge in [0, 0.05) is 30.1 Å². The van der Waals surface area contributed by atoms with Crippen LogP contribution in [0.15, 0.2) is 58.5 Å². The summed E-state index contributed by atoms with van der Waals surface area (Å²) >= 11 is 1.21. The molecule has 3 amide bonds. The summed E-state index contributed by atoms with van der Waals surface area (Å²) in [4.78, 5) is 49.1. The van der Waals surface area contributed by atoms with Crippen molar-refractivity contribution in [3.8, 4) is 5.75 Å². The maximum atomic E-state index is 13.4. The van der Waals surface area contributed by atoms with Crippen LogP contribution in [0.3, 0.4) is 0 Å². The van der Waals surface area contributed by atoms with Gasteiger partial charge in [-0.05, 0) is 38.0 Å². The first-order valence-electron chi connectivity index (χ1n) is 12.3.